The normalized spacial score (nSPS) is 10.8. The average molecular weight is 359 g/mol. The van der Waals surface area contributed by atoms with Crippen LogP contribution in [0.2, 0.25) is 5.02 Å². The minimum Gasteiger partial charge on any atom is -0.485 e. The van der Waals surface area contributed by atoms with Crippen molar-refractivity contribution in [1.29, 1.82) is 0 Å². The zero-order valence-corrected chi connectivity index (χ0v) is 14.0. The lowest BCUT2D eigenvalue weighted by atomic mass is 10.2. The summed E-state index contributed by atoms with van der Waals surface area (Å²) < 4.78 is 8.53. The van der Waals surface area contributed by atoms with Gasteiger partial charge in [-0.15, -0.1) is 0 Å². The molecule has 0 aliphatic carbocycles. The highest BCUT2D eigenvalue weighted by atomic mass is 79.9. The molecular weight excluding hydrogens is 342 g/mol. The summed E-state index contributed by atoms with van der Waals surface area (Å²) in [6.07, 6.45) is 0.798. The SMILES string of the molecule is CCc1nn(C)c(COc2c(C)cc(Br)cc2N)c1Cl. The highest BCUT2D eigenvalue weighted by molar-refractivity contribution is 9.10. The summed E-state index contributed by atoms with van der Waals surface area (Å²) in [6, 6.07) is 3.79. The first-order chi connectivity index (χ1) is 9.43. The van der Waals surface area contributed by atoms with Gasteiger partial charge in [-0.3, -0.25) is 4.68 Å². The van der Waals surface area contributed by atoms with Crippen molar-refractivity contribution in [3.05, 3.63) is 38.6 Å². The van der Waals surface area contributed by atoms with Crippen LogP contribution in [0, 0.1) is 6.92 Å². The summed E-state index contributed by atoms with van der Waals surface area (Å²) in [5.41, 5.74) is 9.30. The van der Waals surface area contributed by atoms with E-state index in [0.717, 1.165) is 27.8 Å². The van der Waals surface area contributed by atoms with Crippen LogP contribution in [0.25, 0.3) is 0 Å². The Bertz CT molecular complexity index is 617. The predicted octanol–water partition coefficient (Wildman–Crippen LogP) is 3.87. The molecule has 2 aromatic rings. The van der Waals surface area contributed by atoms with Crippen LogP contribution in [0.3, 0.4) is 0 Å². The van der Waals surface area contributed by atoms with Crippen LogP contribution in [0.15, 0.2) is 16.6 Å². The molecule has 0 unspecified atom stereocenters. The number of hydrogen-bond donors (Lipinski definition) is 1. The van der Waals surface area contributed by atoms with Crippen molar-refractivity contribution in [1.82, 2.24) is 9.78 Å². The number of nitrogens with zero attached hydrogens (tertiary/aromatic N) is 2. The Labute approximate surface area is 132 Å². The molecule has 1 aromatic carbocycles. The van der Waals surface area contributed by atoms with Gasteiger partial charge in [0.25, 0.3) is 0 Å². The van der Waals surface area contributed by atoms with E-state index in [0.29, 0.717) is 23.1 Å². The predicted molar refractivity (Wildman–Crippen MR) is 85.2 cm³/mol. The lowest BCUT2D eigenvalue weighted by molar-refractivity contribution is 0.294. The molecule has 6 heteroatoms. The van der Waals surface area contributed by atoms with Crippen molar-refractivity contribution in [2.45, 2.75) is 26.9 Å². The third kappa shape index (κ3) is 2.94. The monoisotopic (exact) mass is 357 g/mol. The topological polar surface area (TPSA) is 53.1 Å². The number of benzene rings is 1. The Kier molecular flexibility index (Phi) is 4.60. The molecule has 108 valence electrons. The van der Waals surface area contributed by atoms with E-state index < -0.39 is 0 Å². The molecule has 2 rings (SSSR count). The van der Waals surface area contributed by atoms with Gasteiger partial charge in [-0.25, -0.2) is 0 Å². The van der Waals surface area contributed by atoms with Crippen LogP contribution in [0.5, 0.6) is 5.75 Å². The number of rotatable bonds is 4. The highest BCUT2D eigenvalue weighted by Gasteiger charge is 2.15. The minimum absolute atomic E-state index is 0.342. The molecule has 0 aliphatic heterocycles. The quantitative estimate of drug-likeness (QED) is 0.844. The lowest BCUT2D eigenvalue weighted by Gasteiger charge is -2.12. The minimum atomic E-state index is 0.342. The maximum Gasteiger partial charge on any atom is 0.145 e. The molecule has 0 spiro atoms. The largest absolute Gasteiger partial charge is 0.485 e. The van der Waals surface area contributed by atoms with Gasteiger partial charge >= 0.3 is 0 Å². The Morgan fingerprint density at radius 2 is 2.15 bits per heavy atom. The van der Waals surface area contributed by atoms with E-state index in [4.69, 9.17) is 22.1 Å². The number of ether oxygens (including phenoxy) is 1. The first-order valence-electron chi connectivity index (χ1n) is 6.32. The number of halogens is 2. The molecule has 0 radical (unpaired) electrons. The summed E-state index contributed by atoms with van der Waals surface area (Å²) in [5.74, 6) is 0.684. The summed E-state index contributed by atoms with van der Waals surface area (Å²) in [5, 5.41) is 5.04. The van der Waals surface area contributed by atoms with E-state index in [-0.39, 0.29) is 0 Å². The van der Waals surface area contributed by atoms with Crippen LogP contribution >= 0.6 is 27.5 Å². The summed E-state index contributed by atoms with van der Waals surface area (Å²) in [7, 11) is 1.86. The highest BCUT2D eigenvalue weighted by Crippen LogP contribution is 2.31. The van der Waals surface area contributed by atoms with E-state index in [1.165, 1.54) is 0 Å². The number of nitrogen functional groups attached to an aromatic ring is 1. The van der Waals surface area contributed by atoms with Gasteiger partial charge in [-0.1, -0.05) is 34.5 Å². The number of aromatic nitrogens is 2. The molecule has 0 saturated carbocycles. The number of hydrogen-bond acceptors (Lipinski definition) is 3. The second kappa shape index (κ2) is 6.06. The standard InChI is InChI=1S/C14H17BrClN3O/c1-4-11-13(16)12(19(3)18-11)7-20-14-8(2)5-9(15)6-10(14)17/h5-6H,4,7,17H2,1-3H3. The molecule has 0 fully saturated rings. The fourth-order valence-corrected chi connectivity index (χ4v) is 3.01. The van der Waals surface area contributed by atoms with Gasteiger partial charge < -0.3 is 10.5 Å². The molecule has 0 saturated heterocycles. The Morgan fingerprint density at radius 3 is 2.70 bits per heavy atom. The second-order valence-corrected chi connectivity index (χ2v) is 5.91. The molecule has 1 heterocycles. The Morgan fingerprint density at radius 1 is 1.45 bits per heavy atom. The van der Waals surface area contributed by atoms with Crippen molar-refractivity contribution >= 4 is 33.2 Å². The molecular formula is C14H17BrClN3O. The molecule has 0 atom stereocenters. The third-order valence-corrected chi connectivity index (χ3v) is 4.02. The molecule has 1 aromatic heterocycles. The molecule has 20 heavy (non-hydrogen) atoms. The molecule has 4 nitrogen and oxygen atoms in total. The van der Waals surface area contributed by atoms with Crippen molar-refractivity contribution in [2.24, 2.45) is 7.05 Å². The molecule has 0 aliphatic rings. The third-order valence-electron chi connectivity index (χ3n) is 3.12. The molecule has 0 bridgehead atoms. The average Bonchev–Trinajstić information content (AvgIpc) is 2.64. The van der Waals surface area contributed by atoms with Gasteiger partial charge in [0.05, 0.1) is 22.1 Å². The van der Waals surface area contributed by atoms with Gasteiger partial charge in [-0.2, -0.15) is 5.10 Å². The van der Waals surface area contributed by atoms with Crippen LogP contribution < -0.4 is 10.5 Å². The molecule has 2 N–H and O–H groups in total. The van der Waals surface area contributed by atoms with Crippen molar-refractivity contribution in [3.63, 3.8) is 0 Å². The summed E-state index contributed by atoms with van der Waals surface area (Å²) in [4.78, 5) is 0. The fraction of sp³-hybridized carbons (Fsp3) is 0.357. The van der Waals surface area contributed by atoms with Crippen LogP contribution in [0.4, 0.5) is 5.69 Å². The second-order valence-electron chi connectivity index (χ2n) is 4.61. The maximum atomic E-state index is 6.30. The smallest absolute Gasteiger partial charge is 0.145 e. The van der Waals surface area contributed by atoms with Gasteiger partial charge in [0.15, 0.2) is 0 Å². The maximum absolute atomic E-state index is 6.30. The van der Waals surface area contributed by atoms with Crippen LogP contribution in [-0.4, -0.2) is 9.78 Å². The van der Waals surface area contributed by atoms with Crippen molar-refractivity contribution < 1.29 is 4.74 Å². The van der Waals surface area contributed by atoms with E-state index in [9.17, 15) is 0 Å². The van der Waals surface area contributed by atoms with Gasteiger partial charge in [0.2, 0.25) is 0 Å². The first-order valence-corrected chi connectivity index (χ1v) is 7.49. The first kappa shape index (κ1) is 15.2. The summed E-state index contributed by atoms with van der Waals surface area (Å²) >= 11 is 9.71. The number of anilines is 1. The number of nitrogens with two attached hydrogens (primary N) is 1. The van der Waals surface area contributed by atoms with E-state index in [1.807, 2.05) is 33.0 Å². The zero-order valence-electron chi connectivity index (χ0n) is 11.7. The Balaban J connectivity index is 2.24. The molecule has 0 amide bonds. The van der Waals surface area contributed by atoms with Gasteiger partial charge in [0.1, 0.15) is 12.4 Å². The van der Waals surface area contributed by atoms with Crippen LogP contribution in [-0.2, 0) is 20.1 Å². The van der Waals surface area contributed by atoms with Gasteiger partial charge in [-0.05, 0) is 31.0 Å². The zero-order chi connectivity index (χ0) is 14.9. The van der Waals surface area contributed by atoms with Gasteiger partial charge in [0, 0.05) is 11.5 Å². The van der Waals surface area contributed by atoms with E-state index in [1.54, 1.807) is 4.68 Å². The van der Waals surface area contributed by atoms with Crippen LogP contribution in [0.1, 0.15) is 23.9 Å². The van der Waals surface area contributed by atoms with E-state index in [2.05, 4.69) is 21.0 Å². The fourth-order valence-electron chi connectivity index (χ4n) is 2.07. The Hall–Kier alpha value is -1.20. The van der Waals surface area contributed by atoms with E-state index >= 15 is 0 Å². The number of aryl methyl sites for hydroxylation is 3. The summed E-state index contributed by atoms with van der Waals surface area (Å²) in [6.45, 7) is 4.32. The lowest BCUT2D eigenvalue weighted by Crippen LogP contribution is -2.06. The van der Waals surface area contributed by atoms with Crippen molar-refractivity contribution in [2.75, 3.05) is 5.73 Å². The van der Waals surface area contributed by atoms with Crippen molar-refractivity contribution in [3.8, 4) is 5.75 Å².